The molecule has 2 aromatic rings. The van der Waals surface area contributed by atoms with Crippen LogP contribution in [-0.4, -0.2) is 5.97 Å². The summed E-state index contributed by atoms with van der Waals surface area (Å²) in [4.78, 5) is 14.3. The minimum atomic E-state index is -0.593. The predicted molar refractivity (Wildman–Crippen MR) is 78.3 cm³/mol. The van der Waals surface area contributed by atoms with E-state index >= 15 is 0 Å². The predicted octanol–water partition coefficient (Wildman–Crippen LogP) is 4.32. The molecule has 1 aliphatic rings. The lowest BCUT2D eigenvalue weighted by atomic mass is 9.81. The molecule has 5 heteroatoms. The van der Waals surface area contributed by atoms with Crippen molar-refractivity contribution in [3.05, 3.63) is 70.1 Å². The van der Waals surface area contributed by atoms with Crippen LogP contribution in [-0.2, 0) is 9.53 Å². The van der Waals surface area contributed by atoms with Crippen LogP contribution in [0.5, 0.6) is 0 Å². The molecule has 0 bridgehead atoms. The number of benzene rings is 2. The molecule has 0 radical (unpaired) electrons. The van der Waals surface area contributed by atoms with Gasteiger partial charge < -0.3 is 4.74 Å². The highest BCUT2D eigenvalue weighted by Crippen LogP contribution is 2.47. The second kappa shape index (κ2) is 5.31. The molecule has 5 nitrogen and oxygen atoms in total. The Morgan fingerprint density at radius 3 is 2.29 bits per heavy atom. The average molecular weight is 279 g/mol. The van der Waals surface area contributed by atoms with E-state index in [9.17, 15) is 4.79 Å². The maximum absolute atomic E-state index is 11.4. The number of hydrogen-bond donors (Lipinski definition) is 0. The molecule has 0 saturated heterocycles. The second-order valence-corrected chi connectivity index (χ2v) is 4.85. The number of ether oxygens (including phenoxy) is 1. The van der Waals surface area contributed by atoms with E-state index in [4.69, 9.17) is 10.3 Å². The number of carbonyl (C=O) groups excluding carboxylic acids is 1. The third-order valence-corrected chi connectivity index (χ3v) is 3.59. The summed E-state index contributed by atoms with van der Waals surface area (Å²) in [6, 6.07) is 14.9. The molecule has 0 spiro atoms. The van der Waals surface area contributed by atoms with E-state index in [0.29, 0.717) is 0 Å². The summed E-state index contributed by atoms with van der Waals surface area (Å²) >= 11 is 0. The summed E-state index contributed by atoms with van der Waals surface area (Å²) in [6.07, 6.45) is -0.593. The third-order valence-electron chi connectivity index (χ3n) is 3.59. The Bertz CT molecular complexity index is 751. The van der Waals surface area contributed by atoms with Crippen LogP contribution in [0.15, 0.2) is 53.6 Å². The Labute approximate surface area is 121 Å². The fraction of sp³-hybridized carbons (Fsp3) is 0.188. The van der Waals surface area contributed by atoms with Gasteiger partial charge in [-0.15, -0.1) is 0 Å². The summed E-state index contributed by atoms with van der Waals surface area (Å²) < 4.78 is 5.44. The maximum atomic E-state index is 11.4. The molecule has 1 aliphatic carbocycles. The smallest absolute Gasteiger partial charge is 0.303 e. The van der Waals surface area contributed by atoms with Crippen molar-refractivity contribution in [2.24, 2.45) is 5.11 Å². The minimum Gasteiger partial charge on any atom is -0.457 e. The molecule has 104 valence electrons. The van der Waals surface area contributed by atoms with Crippen molar-refractivity contribution < 1.29 is 9.53 Å². The largest absolute Gasteiger partial charge is 0.457 e. The second-order valence-electron chi connectivity index (χ2n) is 4.85. The van der Waals surface area contributed by atoms with Crippen molar-refractivity contribution in [2.75, 3.05) is 0 Å². The van der Waals surface area contributed by atoms with Gasteiger partial charge >= 0.3 is 5.97 Å². The molecule has 0 fully saturated rings. The molecular weight excluding hydrogens is 266 g/mol. The highest BCUT2D eigenvalue weighted by molar-refractivity contribution is 5.76. The number of azide groups is 1. The molecule has 0 aromatic heterocycles. The molecule has 0 aliphatic heterocycles. The van der Waals surface area contributed by atoms with Crippen LogP contribution in [0.25, 0.3) is 21.6 Å². The normalized spacial score (nSPS) is 18.9. The van der Waals surface area contributed by atoms with E-state index in [1.54, 1.807) is 0 Å². The lowest BCUT2D eigenvalue weighted by Crippen LogP contribution is -2.20. The van der Waals surface area contributed by atoms with Gasteiger partial charge in [-0.3, -0.25) is 4.79 Å². The highest BCUT2D eigenvalue weighted by Gasteiger charge is 2.34. The van der Waals surface area contributed by atoms with Gasteiger partial charge in [-0.25, -0.2) is 0 Å². The SMILES string of the molecule is CC(=O)O[C@H]1c2ccccc2-c2ccccc2[C@@H]1N=[N+]=[N-]. The molecule has 21 heavy (non-hydrogen) atoms. The fourth-order valence-electron chi connectivity index (χ4n) is 2.81. The van der Waals surface area contributed by atoms with E-state index in [0.717, 1.165) is 22.3 Å². The quantitative estimate of drug-likeness (QED) is 0.355. The summed E-state index contributed by atoms with van der Waals surface area (Å²) in [5.41, 5.74) is 12.6. The van der Waals surface area contributed by atoms with Gasteiger partial charge in [-0.1, -0.05) is 53.6 Å². The zero-order valence-electron chi connectivity index (χ0n) is 11.4. The summed E-state index contributed by atoms with van der Waals surface area (Å²) in [5, 5.41) is 3.86. The number of rotatable bonds is 2. The van der Waals surface area contributed by atoms with Crippen molar-refractivity contribution in [1.82, 2.24) is 0 Å². The molecular formula is C16H13N3O2. The van der Waals surface area contributed by atoms with Gasteiger partial charge in [-0.05, 0) is 22.2 Å². The summed E-state index contributed by atoms with van der Waals surface area (Å²) in [7, 11) is 0. The number of nitrogens with zero attached hydrogens (tertiary/aromatic N) is 3. The van der Waals surface area contributed by atoms with Crippen LogP contribution in [0.1, 0.15) is 30.2 Å². The molecule has 0 N–H and O–H groups in total. The standard InChI is InChI=1S/C16H13N3O2/c1-10(20)21-16-14-9-5-3-7-12(14)11-6-2-4-8-13(11)15(16)18-19-17/h2-9,15-16H,1H3/t15-,16-/m0/s1. The maximum Gasteiger partial charge on any atom is 0.303 e. The monoisotopic (exact) mass is 279 g/mol. The van der Waals surface area contributed by atoms with E-state index in [2.05, 4.69) is 10.0 Å². The Morgan fingerprint density at radius 2 is 1.67 bits per heavy atom. The van der Waals surface area contributed by atoms with Gasteiger partial charge in [-0.2, -0.15) is 0 Å². The van der Waals surface area contributed by atoms with Crippen LogP contribution >= 0.6 is 0 Å². The van der Waals surface area contributed by atoms with E-state index in [1.807, 2.05) is 48.5 Å². The highest BCUT2D eigenvalue weighted by atomic mass is 16.5. The zero-order chi connectivity index (χ0) is 14.8. The molecule has 0 saturated carbocycles. The van der Waals surface area contributed by atoms with Crippen molar-refractivity contribution in [1.29, 1.82) is 0 Å². The van der Waals surface area contributed by atoms with E-state index in [1.165, 1.54) is 6.92 Å². The van der Waals surface area contributed by atoms with Gasteiger partial charge in [0.15, 0.2) is 0 Å². The molecule has 3 rings (SSSR count). The van der Waals surface area contributed by atoms with E-state index < -0.39 is 18.1 Å². The van der Waals surface area contributed by atoms with Gasteiger partial charge in [0.2, 0.25) is 0 Å². The number of hydrogen-bond acceptors (Lipinski definition) is 3. The lowest BCUT2D eigenvalue weighted by molar-refractivity contribution is -0.148. The lowest BCUT2D eigenvalue weighted by Gasteiger charge is -2.32. The summed E-state index contributed by atoms with van der Waals surface area (Å²) in [5.74, 6) is -0.396. The molecule has 0 unspecified atom stereocenters. The minimum absolute atomic E-state index is 0.396. The third kappa shape index (κ3) is 2.24. The number of esters is 1. The Morgan fingerprint density at radius 1 is 1.10 bits per heavy atom. The van der Waals surface area contributed by atoms with Crippen LogP contribution in [0, 0.1) is 0 Å². The van der Waals surface area contributed by atoms with Gasteiger partial charge in [0.25, 0.3) is 0 Å². The van der Waals surface area contributed by atoms with Gasteiger partial charge in [0, 0.05) is 17.4 Å². The van der Waals surface area contributed by atoms with Crippen molar-refractivity contribution in [3.8, 4) is 11.1 Å². The number of carbonyl (C=O) groups is 1. The Kier molecular flexibility index (Phi) is 3.34. The first-order valence-corrected chi connectivity index (χ1v) is 6.62. The Balaban J connectivity index is 2.25. The molecule has 2 aromatic carbocycles. The van der Waals surface area contributed by atoms with Gasteiger partial charge in [0.05, 0.1) is 0 Å². The van der Waals surface area contributed by atoms with Crippen molar-refractivity contribution >= 4 is 5.97 Å². The van der Waals surface area contributed by atoms with Gasteiger partial charge in [0.1, 0.15) is 12.1 Å². The summed E-state index contributed by atoms with van der Waals surface area (Å²) in [6.45, 7) is 1.36. The molecule has 0 amide bonds. The first-order chi connectivity index (χ1) is 10.2. The van der Waals surface area contributed by atoms with Crippen LogP contribution in [0.3, 0.4) is 0 Å². The first-order valence-electron chi connectivity index (χ1n) is 6.62. The molecule has 2 atom stereocenters. The number of fused-ring (bicyclic) bond motifs is 3. The van der Waals surface area contributed by atoms with E-state index in [-0.39, 0.29) is 0 Å². The topological polar surface area (TPSA) is 75.1 Å². The Hall–Kier alpha value is -2.78. The fourth-order valence-corrected chi connectivity index (χ4v) is 2.81. The van der Waals surface area contributed by atoms with Crippen LogP contribution < -0.4 is 0 Å². The molecule has 0 heterocycles. The van der Waals surface area contributed by atoms with Crippen LogP contribution in [0.4, 0.5) is 0 Å². The van der Waals surface area contributed by atoms with Crippen molar-refractivity contribution in [2.45, 2.75) is 19.1 Å². The van der Waals surface area contributed by atoms with Crippen molar-refractivity contribution in [3.63, 3.8) is 0 Å². The van der Waals surface area contributed by atoms with Crippen LogP contribution in [0.2, 0.25) is 0 Å². The average Bonchev–Trinajstić information content (AvgIpc) is 2.50. The zero-order valence-corrected chi connectivity index (χ0v) is 11.4. The first kappa shape index (κ1) is 13.2.